The summed E-state index contributed by atoms with van der Waals surface area (Å²) in [6, 6.07) is 3.64. The van der Waals surface area contributed by atoms with Gasteiger partial charge in [-0.2, -0.15) is 0 Å². The molecular formula is C10H13ClN2OS. The van der Waals surface area contributed by atoms with Gasteiger partial charge >= 0.3 is 6.03 Å². The normalized spacial score (nSPS) is 9.73. The lowest BCUT2D eigenvalue weighted by Crippen LogP contribution is -2.36. The zero-order chi connectivity index (χ0) is 11.3. The summed E-state index contributed by atoms with van der Waals surface area (Å²) in [6.07, 6.45) is 1.65. The van der Waals surface area contributed by atoms with E-state index in [1.807, 2.05) is 12.1 Å². The summed E-state index contributed by atoms with van der Waals surface area (Å²) >= 11 is 7.27. The summed E-state index contributed by atoms with van der Waals surface area (Å²) in [7, 11) is 1.74. The van der Waals surface area contributed by atoms with Crippen molar-refractivity contribution in [2.24, 2.45) is 0 Å². The molecule has 82 valence electrons. The van der Waals surface area contributed by atoms with Gasteiger partial charge in [-0.15, -0.1) is 17.9 Å². The van der Waals surface area contributed by atoms with E-state index in [4.69, 9.17) is 11.6 Å². The highest BCUT2D eigenvalue weighted by Gasteiger charge is 2.08. The lowest BCUT2D eigenvalue weighted by atomic mass is 10.4. The van der Waals surface area contributed by atoms with Gasteiger partial charge in [-0.05, 0) is 12.1 Å². The minimum Gasteiger partial charge on any atom is -0.335 e. The second-order valence-electron chi connectivity index (χ2n) is 3.04. The van der Waals surface area contributed by atoms with Gasteiger partial charge in [0.2, 0.25) is 0 Å². The highest BCUT2D eigenvalue weighted by molar-refractivity contribution is 7.16. The van der Waals surface area contributed by atoms with Gasteiger partial charge in [-0.25, -0.2) is 4.79 Å². The summed E-state index contributed by atoms with van der Waals surface area (Å²) < 4.78 is 0.741. The van der Waals surface area contributed by atoms with Gasteiger partial charge < -0.3 is 10.2 Å². The van der Waals surface area contributed by atoms with Crippen LogP contribution in [0.4, 0.5) is 4.79 Å². The van der Waals surface area contributed by atoms with Gasteiger partial charge in [0, 0.05) is 18.5 Å². The van der Waals surface area contributed by atoms with Crippen LogP contribution in [0.15, 0.2) is 24.8 Å². The van der Waals surface area contributed by atoms with E-state index in [2.05, 4.69) is 11.9 Å². The van der Waals surface area contributed by atoms with Gasteiger partial charge in [-0.3, -0.25) is 0 Å². The third-order valence-electron chi connectivity index (χ3n) is 1.77. The zero-order valence-corrected chi connectivity index (χ0v) is 10.1. The molecule has 1 aromatic heterocycles. The molecule has 1 heterocycles. The van der Waals surface area contributed by atoms with Gasteiger partial charge in [0.1, 0.15) is 0 Å². The molecule has 0 aliphatic heterocycles. The van der Waals surface area contributed by atoms with E-state index >= 15 is 0 Å². The molecule has 1 aromatic rings. The van der Waals surface area contributed by atoms with Crippen molar-refractivity contribution in [2.45, 2.75) is 6.54 Å². The van der Waals surface area contributed by atoms with Crippen LogP contribution >= 0.6 is 22.9 Å². The molecule has 0 aliphatic carbocycles. The van der Waals surface area contributed by atoms with Crippen LogP contribution in [0.25, 0.3) is 0 Å². The van der Waals surface area contributed by atoms with Crippen LogP contribution in [0.3, 0.4) is 0 Å². The molecule has 5 heteroatoms. The fraction of sp³-hybridized carbons (Fsp3) is 0.300. The number of hydrogen-bond acceptors (Lipinski definition) is 2. The first-order valence-corrected chi connectivity index (χ1v) is 5.67. The predicted molar refractivity (Wildman–Crippen MR) is 64.4 cm³/mol. The van der Waals surface area contributed by atoms with Gasteiger partial charge in [0.05, 0.1) is 10.9 Å². The van der Waals surface area contributed by atoms with Gasteiger partial charge in [0.25, 0.3) is 0 Å². The van der Waals surface area contributed by atoms with Crippen molar-refractivity contribution in [1.82, 2.24) is 10.2 Å². The third-order valence-corrected chi connectivity index (χ3v) is 2.98. The number of urea groups is 1. The fourth-order valence-corrected chi connectivity index (χ4v) is 2.18. The Bertz CT molecular complexity index is 351. The number of halogens is 1. The molecule has 0 aromatic carbocycles. The summed E-state index contributed by atoms with van der Waals surface area (Å²) in [4.78, 5) is 14.1. The molecule has 1 N–H and O–H groups in total. The standard InChI is InChI=1S/C10H13ClN2OS/c1-3-6-12-10(14)13(2)7-8-4-5-9(11)15-8/h3-5H,1,6-7H2,2H3,(H,12,14). The molecule has 0 atom stereocenters. The molecule has 3 nitrogen and oxygen atoms in total. The number of thiophene rings is 1. The molecular weight excluding hydrogens is 232 g/mol. The molecule has 0 spiro atoms. The second kappa shape index (κ2) is 5.78. The second-order valence-corrected chi connectivity index (χ2v) is 4.84. The maximum absolute atomic E-state index is 11.5. The van der Waals surface area contributed by atoms with E-state index in [9.17, 15) is 4.79 Å². The number of rotatable bonds is 4. The van der Waals surface area contributed by atoms with Crippen LogP contribution in [0.2, 0.25) is 4.34 Å². The molecule has 0 bridgehead atoms. The van der Waals surface area contributed by atoms with E-state index in [0.717, 1.165) is 9.21 Å². The van der Waals surface area contributed by atoms with Crippen molar-refractivity contribution < 1.29 is 4.79 Å². The Morgan fingerprint density at radius 1 is 1.73 bits per heavy atom. The van der Waals surface area contributed by atoms with E-state index in [1.165, 1.54) is 11.3 Å². The van der Waals surface area contributed by atoms with Crippen molar-refractivity contribution in [3.05, 3.63) is 34.0 Å². The van der Waals surface area contributed by atoms with Crippen LogP contribution in [0.1, 0.15) is 4.88 Å². The maximum atomic E-state index is 11.5. The van der Waals surface area contributed by atoms with Crippen LogP contribution in [0, 0.1) is 0 Å². The minimum atomic E-state index is -0.112. The topological polar surface area (TPSA) is 32.3 Å². The van der Waals surface area contributed by atoms with Gasteiger partial charge in [-0.1, -0.05) is 17.7 Å². The first-order valence-electron chi connectivity index (χ1n) is 4.47. The average Bonchev–Trinajstić information content (AvgIpc) is 2.60. The number of carbonyl (C=O) groups excluding carboxylic acids is 1. The van der Waals surface area contributed by atoms with E-state index < -0.39 is 0 Å². The lowest BCUT2D eigenvalue weighted by Gasteiger charge is -2.16. The SMILES string of the molecule is C=CCNC(=O)N(C)Cc1ccc(Cl)s1. The number of nitrogens with zero attached hydrogens (tertiary/aromatic N) is 1. The largest absolute Gasteiger partial charge is 0.335 e. The Labute approximate surface area is 98.3 Å². The molecule has 0 unspecified atom stereocenters. The molecule has 1 rings (SSSR count). The first-order chi connectivity index (χ1) is 7.13. The van der Waals surface area contributed by atoms with Crippen molar-refractivity contribution >= 4 is 29.0 Å². The lowest BCUT2D eigenvalue weighted by molar-refractivity contribution is 0.208. The molecule has 0 aliphatic rings. The summed E-state index contributed by atoms with van der Waals surface area (Å²) in [5.74, 6) is 0. The minimum absolute atomic E-state index is 0.112. The molecule has 0 fully saturated rings. The van der Waals surface area contributed by atoms with Crippen LogP contribution in [0.5, 0.6) is 0 Å². The average molecular weight is 245 g/mol. The highest BCUT2D eigenvalue weighted by atomic mass is 35.5. The Kier molecular flexibility index (Phi) is 4.65. The van der Waals surface area contributed by atoms with Crippen molar-refractivity contribution in [3.8, 4) is 0 Å². The Hall–Kier alpha value is -1.000. The van der Waals surface area contributed by atoms with Crippen LogP contribution in [-0.2, 0) is 6.54 Å². The predicted octanol–water partition coefficient (Wildman–Crippen LogP) is 2.73. The molecule has 0 saturated carbocycles. The molecule has 15 heavy (non-hydrogen) atoms. The summed E-state index contributed by atoms with van der Waals surface area (Å²) in [5.41, 5.74) is 0. The summed E-state index contributed by atoms with van der Waals surface area (Å²) in [5, 5.41) is 2.70. The van der Waals surface area contributed by atoms with Gasteiger partial charge in [0.15, 0.2) is 0 Å². The van der Waals surface area contributed by atoms with Crippen molar-refractivity contribution in [2.75, 3.05) is 13.6 Å². The van der Waals surface area contributed by atoms with Crippen molar-refractivity contribution in [1.29, 1.82) is 0 Å². The fourth-order valence-electron chi connectivity index (χ4n) is 1.04. The maximum Gasteiger partial charge on any atom is 0.317 e. The number of hydrogen-bond donors (Lipinski definition) is 1. The van der Waals surface area contributed by atoms with E-state index in [-0.39, 0.29) is 6.03 Å². The van der Waals surface area contributed by atoms with Crippen LogP contribution in [-0.4, -0.2) is 24.5 Å². The monoisotopic (exact) mass is 244 g/mol. The summed E-state index contributed by atoms with van der Waals surface area (Å²) in [6.45, 7) is 4.58. The Morgan fingerprint density at radius 3 is 3.00 bits per heavy atom. The van der Waals surface area contributed by atoms with E-state index in [1.54, 1.807) is 18.0 Å². The Balaban J connectivity index is 2.44. The quantitative estimate of drug-likeness (QED) is 0.812. The molecule has 0 saturated heterocycles. The van der Waals surface area contributed by atoms with E-state index in [0.29, 0.717) is 13.1 Å². The zero-order valence-electron chi connectivity index (χ0n) is 8.50. The van der Waals surface area contributed by atoms with Crippen LogP contribution < -0.4 is 5.32 Å². The Morgan fingerprint density at radius 2 is 2.47 bits per heavy atom. The highest BCUT2D eigenvalue weighted by Crippen LogP contribution is 2.22. The smallest absolute Gasteiger partial charge is 0.317 e. The van der Waals surface area contributed by atoms with Crippen molar-refractivity contribution in [3.63, 3.8) is 0 Å². The molecule has 0 radical (unpaired) electrons. The first kappa shape index (κ1) is 12.1. The molecule has 2 amide bonds. The third kappa shape index (κ3) is 3.93. The number of amides is 2. The number of nitrogens with one attached hydrogen (secondary N) is 1. The number of carbonyl (C=O) groups is 1.